The van der Waals surface area contributed by atoms with E-state index in [2.05, 4.69) is 29.7 Å². The van der Waals surface area contributed by atoms with Gasteiger partial charge >= 0.3 is 29.8 Å². The minimum absolute atomic E-state index is 0.252. The molecule has 270 valence electrons. The van der Waals surface area contributed by atoms with E-state index in [4.69, 9.17) is 36.0 Å². The third-order valence-electron chi connectivity index (χ3n) is 7.87. The Labute approximate surface area is 281 Å². The summed E-state index contributed by atoms with van der Waals surface area (Å²) in [5.74, 6) is 0.666. The predicted octanol–water partition coefficient (Wildman–Crippen LogP) is 6.62. The van der Waals surface area contributed by atoms with Crippen molar-refractivity contribution >= 4 is 29.8 Å². The van der Waals surface area contributed by atoms with Crippen LogP contribution in [0.5, 0.6) is 0 Å². The van der Waals surface area contributed by atoms with Gasteiger partial charge in [0, 0.05) is 67.8 Å². The molecule has 0 heterocycles. The zero-order valence-electron chi connectivity index (χ0n) is 29.7. The van der Waals surface area contributed by atoms with Crippen LogP contribution in [0, 0.1) is 5.92 Å². The molecule has 0 radical (unpaired) electrons. The fourth-order valence-corrected chi connectivity index (χ4v) is 8.42. The van der Waals surface area contributed by atoms with Crippen LogP contribution in [-0.4, -0.2) is 98.8 Å². The second-order valence-electron chi connectivity index (χ2n) is 11.0. The number of alkyl carbamates (subject to hydrolysis) is 2. The van der Waals surface area contributed by atoms with Gasteiger partial charge in [-0.25, -0.2) is 9.59 Å². The van der Waals surface area contributed by atoms with Gasteiger partial charge < -0.3 is 46.7 Å². The Morgan fingerprint density at radius 1 is 0.565 bits per heavy atom. The first-order valence-electron chi connectivity index (χ1n) is 16.7. The number of amides is 2. The molecule has 46 heavy (non-hydrogen) atoms. The maximum absolute atomic E-state index is 12.0. The zero-order chi connectivity index (χ0) is 34.4. The molecule has 0 aliphatic rings. The van der Waals surface area contributed by atoms with Crippen molar-refractivity contribution in [1.82, 2.24) is 10.6 Å². The van der Waals surface area contributed by atoms with Crippen molar-refractivity contribution in [2.24, 2.45) is 5.92 Å². The second-order valence-corrected chi connectivity index (χ2v) is 17.2. The number of hydrogen-bond donors (Lipinski definition) is 2. The normalized spacial score (nSPS) is 12.9. The van der Waals surface area contributed by atoms with Crippen molar-refractivity contribution in [3.05, 3.63) is 24.3 Å². The largest absolute Gasteiger partial charge is 0.500 e. The highest BCUT2D eigenvalue weighted by Crippen LogP contribution is 2.23. The number of nitrogens with one attached hydrogen (secondary N) is 2. The molecule has 0 fully saturated rings. The lowest BCUT2D eigenvalue weighted by Crippen LogP contribution is -2.43. The van der Waals surface area contributed by atoms with Crippen LogP contribution < -0.4 is 10.6 Å². The van der Waals surface area contributed by atoms with E-state index in [1.54, 1.807) is 42.7 Å². The summed E-state index contributed by atoms with van der Waals surface area (Å²) in [4.78, 5) is 23.9. The Kier molecular flexibility index (Phi) is 28.2. The van der Waals surface area contributed by atoms with E-state index < -0.39 is 29.8 Å². The molecule has 0 spiro atoms. The lowest BCUT2D eigenvalue weighted by Gasteiger charge is -2.24. The SMILES string of the molecule is CCCCCCC(CCC=CCOC(=O)NCCC[Si](OC)(OC)OC)CCC/C=C/COC(=O)NCCC[Si](OC)(OC)OC. The molecule has 0 aliphatic carbocycles. The van der Waals surface area contributed by atoms with E-state index in [0.29, 0.717) is 43.9 Å². The van der Waals surface area contributed by atoms with Crippen molar-refractivity contribution in [2.45, 2.75) is 96.1 Å². The number of carbonyl (C=O) groups is 2. The average molecular weight is 693 g/mol. The van der Waals surface area contributed by atoms with E-state index in [1.165, 1.54) is 38.5 Å². The number of allylic oxidation sites excluding steroid dienone is 2. The Bertz CT molecular complexity index is 795. The van der Waals surface area contributed by atoms with Gasteiger partial charge in [-0.05, 0) is 44.4 Å². The van der Waals surface area contributed by atoms with Crippen LogP contribution >= 0.6 is 0 Å². The standard InChI is InChI=1S/C32H64N2O10Si2/c1-8-9-10-14-21-30(23-16-13-18-27-44-32(36)34-25-20-29-46(40-5,41-6)42-7)22-15-11-12-17-26-43-31(35)33-24-19-28-45(37-2,38-3)39-4/h12-13,17-18,30H,8-11,14-16,19-29H2,1-7H3,(H,33,35)(H,34,36)/b17-12+,18-13?. The van der Waals surface area contributed by atoms with E-state index in [1.807, 2.05) is 12.2 Å². The van der Waals surface area contributed by atoms with Gasteiger partial charge in [-0.1, -0.05) is 69.8 Å². The molecule has 0 saturated carbocycles. The van der Waals surface area contributed by atoms with E-state index in [-0.39, 0.29) is 13.2 Å². The number of rotatable bonds is 30. The summed E-state index contributed by atoms with van der Waals surface area (Å²) in [7, 11) is 4.23. The maximum Gasteiger partial charge on any atom is 0.500 e. The van der Waals surface area contributed by atoms with Crippen LogP contribution in [0.25, 0.3) is 0 Å². The Balaban J connectivity index is 4.22. The van der Waals surface area contributed by atoms with Crippen molar-refractivity contribution in [2.75, 3.05) is 69.0 Å². The topological polar surface area (TPSA) is 132 Å². The number of unbranched alkanes of at least 4 members (excludes halogenated alkanes) is 4. The van der Waals surface area contributed by atoms with E-state index >= 15 is 0 Å². The summed E-state index contributed by atoms with van der Waals surface area (Å²) in [6.45, 7) is 3.67. The summed E-state index contributed by atoms with van der Waals surface area (Å²) < 4.78 is 42.8. The lowest BCUT2D eigenvalue weighted by molar-refractivity contribution is 0.122. The Hall–Kier alpha value is -1.79. The highest BCUT2D eigenvalue weighted by atomic mass is 28.4. The minimum atomic E-state index is -2.62. The van der Waals surface area contributed by atoms with E-state index in [9.17, 15) is 9.59 Å². The van der Waals surface area contributed by atoms with Crippen molar-refractivity contribution < 1.29 is 45.6 Å². The third-order valence-corrected chi connectivity index (χ3v) is 13.5. The molecular weight excluding hydrogens is 629 g/mol. The maximum atomic E-state index is 12.0. The van der Waals surface area contributed by atoms with Crippen LogP contribution in [0.4, 0.5) is 9.59 Å². The molecule has 0 aromatic rings. The molecule has 2 N–H and O–H groups in total. The monoisotopic (exact) mass is 692 g/mol. The second kappa shape index (κ2) is 29.4. The number of ether oxygens (including phenoxy) is 2. The molecule has 14 heteroatoms. The first-order chi connectivity index (χ1) is 22.3. The predicted molar refractivity (Wildman–Crippen MR) is 185 cm³/mol. The Morgan fingerprint density at radius 3 is 1.48 bits per heavy atom. The van der Waals surface area contributed by atoms with Gasteiger partial charge in [-0.3, -0.25) is 0 Å². The molecule has 1 unspecified atom stereocenters. The van der Waals surface area contributed by atoms with Crippen LogP contribution in [0.15, 0.2) is 24.3 Å². The number of hydrogen-bond acceptors (Lipinski definition) is 10. The van der Waals surface area contributed by atoms with Crippen LogP contribution in [0.1, 0.15) is 84.0 Å². The highest BCUT2D eigenvalue weighted by molar-refractivity contribution is 6.60. The van der Waals surface area contributed by atoms with Gasteiger partial charge in [0.1, 0.15) is 13.2 Å². The summed E-state index contributed by atoms with van der Waals surface area (Å²) in [6, 6.07) is 1.23. The molecule has 0 bridgehead atoms. The van der Waals surface area contributed by atoms with Gasteiger partial charge in [0.05, 0.1) is 0 Å². The molecule has 0 aromatic carbocycles. The summed E-state index contributed by atoms with van der Waals surface area (Å²) >= 11 is 0. The smallest absolute Gasteiger partial charge is 0.445 e. The quantitative estimate of drug-likeness (QED) is 0.0481. The van der Waals surface area contributed by atoms with Crippen molar-refractivity contribution in [3.63, 3.8) is 0 Å². The summed E-state index contributed by atoms with van der Waals surface area (Å²) in [6.07, 6.45) is 20.1. The molecule has 0 aromatic heterocycles. The van der Waals surface area contributed by atoms with Crippen molar-refractivity contribution in [3.8, 4) is 0 Å². The van der Waals surface area contributed by atoms with Crippen LogP contribution in [0.3, 0.4) is 0 Å². The summed E-state index contributed by atoms with van der Waals surface area (Å²) in [5, 5.41) is 5.50. The van der Waals surface area contributed by atoms with Gasteiger partial charge in [-0.2, -0.15) is 0 Å². The molecular formula is C32H64N2O10Si2. The first kappa shape index (κ1) is 44.2. The number of carbonyl (C=O) groups excluding carboxylic acids is 2. The first-order valence-corrected chi connectivity index (χ1v) is 20.6. The molecule has 0 saturated heterocycles. The average Bonchev–Trinajstić information content (AvgIpc) is 3.08. The minimum Gasteiger partial charge on any atom is -0.445 e. The summed E-state index contributed by atoms with van der Waals surface area (Å²) in [5.41, 5.74) is 0. The molecule has 0 rings (SSSR count). The fourth-order valence-electron chi connectivity index (χ4n) is 4.97. The van der Waals surface area contributed by atoms with Gasteiger partial charge in [0.2, 0.25) is 0 Å². The van der Waals surface area contributed by atoms with Gasteiger partial charge in [0.15, 0.2) is 0 Å². The van der Waals surface area contributed by atoms with Crippen LogP contribution in [0.2, 0.25) is 12.1 Å². The lowest BCUT2D eigenvalue weighted by atomic mass is 9.91. The van der Waals surface area contributed by atoms with Crippen molar-refractivity contribution in [1.29, 1.82) is 0 Å². The highest BCUT2D eigenvalue weighted by Gasteiger charge is 2.37. The van der Waals surface area contributed by atoms with Gasteiger partial charge in [0.25, 0.3) is 0 Å². The van der Waals surface area contributed by atoms with E-state index in [0.717, 1.165) is 25.7 Å². The third kappa shape index (κ3) is 21.9. The molecule has 12 nitrogen and oxygen atoms in total. The molecule has 0 aliphatic heterocycles. The van der Waals surface area contributed by atoms with Crippen LogP contribution in [-0.2, 0) is 36.0 Å². The van der Waals surface area contributed by atoms with Gasteiger partial charge in [-0.15, -0.1) is 0 Å². The zero-order valence-corrected chi connectivity index (χ0v) is 31.7. The fraction of sp³-hybridized carbons (Fsp3) is 0.812. The molecule has 1 atom stereocenters. The molecule has 2 amide bonds. The Morgan fingerprint density at radius 2 is 1.02 bits per heavy atom.